The summed E-state index contributed by atoms with van der Waals surface area (Å²) in [5, 5.41) is 13.0. The van der Waals surface area contributed by atoms with Gasteiger partial charge in [0.2, 0.25) is 0 Å². The number of nitrogens with one attached hydrogen (secondary N) is 1. The minimum absolute atomic E-state index is 0.214. The molecule has 0 rings (SSSR count). The molecule has 0 aromatic carbocycles. The predicted molar refractivity (Wildman–Crippen MR) is 57.8 cm³/mol. The van der Waals surface area contributed by atoms with Crippen LogP contribution in [0.1, 0.15) is 47.5 Å². The van der Waals surface area contributed by atoms with Crippen molar-refractivity contribution in [1.82, 2.24) is 5.32 Å². The number of hydrogen-bond acceptors (Lipinski definition) is 2. The second kappa shape index (κ2) is 5.61. The Morgan fingerprint density at radius 3 is 2.23 bits per heavy atom. The van der Waals surface area contributed by atoms with Gasteiger partial charge in [-0.05, 0) is 25.2 Å². The molecular weight excluding hydrogens is 162 g/mol. The maximum absolute atomic E-state index is 9.67. The molecule has 0 aliphatic heterocycles. The van der Waals surface area contributed by atoms with Crippen LogP contribution in [0.15, 0.2) is 0 Å². The molecule has 2 nitrogen and oxygen atoms in total. The van der Waals surface area contributed by atoms with Gasteiger partial charge in [-0.2, -0.15) is 0 Å². The number of rotatable bonds is 5. The van der Waals surface area contributed by atoms with Crippen LogP contribution >= 0.6 is 0 Å². The van der Waals surface area contributed by atoms with Gasteiger partial charge in [0.15, 0.2) is 0 Å². The van der Waals surface area contributed by atoms with Gasteiger partial charge in [-0.15, -0.1) is 0 Å². The van der Waals surface area contributed by atoms with Crippen molar-refractivity contribution in [1.29, 1.82) is 0 Å². The van der Waals surface area contributed by atoms with Gasteiger partial charge in [0, 0.05) is 12.6 Å². The van der Waals surface area contributed by atoms with Gasteiger partial charge in [0.25, 0.3) is 0 Å². The fraction of sp³-hybridized carbons (Fsp3) is 1.00. The van der Waals surface area contributed by atoms with Gasteiger partial charge in [0.05, 0.1) is 6.10 Å². The van der Waals surface area contributed by atoms with Crippen LogP contribution in [0, 0.1) is 5.41 Å². The van der Waals surface area contributed by atoms with Crippen LogP contribution in [-0.4, -0.2) is 23.8 Å². The van der Waals surface area contributed by atoms with Crippen molar-refractivity contribution in [2.24, 2.45) is 5.41 Å². The van der Waals surface area contributed by atoms with Crippen molar-refractivity contribution in [2.75, 3.05) is 6.54 Å². The molecule has 0 aromatic heterocycles. The molecule has 0 amide bonds. The van der Waals surface area contributed by atoms with E-state index in [0.29, 0.717) is 12.6 Å². The van der Waals surface area contributed by atoms with E-state index < -0.39 is 0 Å². The van der Waals surface area contributed by atoms with Crippen molar-refractivity contribution in [3.8, 4) is 0 Å². The largest absolute Gasteiger partial charge is 0.392 e. The second-order valence-electron chi connectivity index (χ2n) is 5.14. The van der Waals surface area contributed by atoms with Crippen LogP contribution in [0.5, 0.6) is 0 Å². The molecule has 0 saturated heterocycles. The molecule has 2 heteroatoms. The van der Waals surface area contributed by atoms with Crippen molar-refractivity contribution >= 4 is 0 Å². The zero-order valence-corrected chi connectivity index (χ0v) is 9.72. The Kier molecular flexibility index (Phi) is 5.57. The minimum atomic E-state index is -0.214. The molecule has 0 bridgehead atoms. The van der Waals surface area contributed by atoms with Crippen LogP contribution in [-0.2, 0) is 0 Å². The summed E-state index contributed by atoms with van der Waals surface area (Å²) in [6, 6.07) is 0.509. The molecular formula is C11H25NO. The van der Waals surface area contributed by atoms with Crippen LogP contribution in [0.25, 0.3) is 0 Å². The fourth-order valence-electron chi connectivity index (χ4n) is 1.26. The van der Waals surface area contributed by atoms with Crippen molar-refractivity contribution in [2.45, 2.75) is 59.6 Å². The molecule has 2 atom stereocenters. The summed E-state index contributed by atoms with van der Waals surface area (Å²) in [6.45, 7) is 11.5. The molecule has 0 heterocycles. The highest BCUT2D eigenvalue weighted by Crippen LogP contribution is 2.20. The zero-order chi connectivity index (χ0) is 10.5. The van der Waals surface area contributed by atoms with Gasteiger partial charge < -0.3 is 10.4 Å². The van der Waals surface area contributed by atoms with Crippen molar-refractivity contribution < 1.29 is 5.11 Å². The Hall–Kier alpha value is -0.0800. The summed E-state index contributed by atoms with van der Waals surface area (Å²) < 4.78 is 0. The normalized spacial score (nSPS) is 17.1. The first-order chi connectivity index (χ1) is 5.85. The summed E-state index contributed by atoms with van der Waals surface area (Å²) in [7, 11) is 0. The van der Waals surface area contributed by atoms with E-state index in [2.05, 4.69) is 39.9 Å². The van der Waals surface area contributed by atoms with Gasteiger partial charge in [-0.3, -0.25) is 0 Å². The lowest BCUT2D eigenvalue weighted by Crippen LogP contribution is -2.35. The lowest BCUT2D eigenvalue weighted by Gasteiger charge is -2.23. The van der Waals surface area contributed by atoms with Crippen LogP contribution in [0.4, 0.5) is 0 Å². The molecule has 13 heavy (non-hydrogen) atoms. The molecule has 0 saturated carbocycles. The molecule has 0 aliphatic rings. The molecule has 2 unspecified atom stereocenters. The van der Waals surface area contributed by atoms with Crippen molar-refractivity contribution in [3.05, 3.63) is 0 Å². The predicted octanol–water partition coefficient (Wildman–Crippen LogP) is 2.17. The topological polar surface area (TPSA) is 32.3 Å². The maximum atomic E-state index is 9.67. The van der Waals surface area contributed by atoms with E-state index in [1.165, 1.54) is 0 Å². The highest BCUT2D eigenvalue weighted by molar-refractivity contribution is 4.71. The minimum Gasteiger partial charge on any atom is -0.392 e. The number of hydrogen-bond donors (Lipinski definition) is 2. The van der Waals surface area contributed by atoms with E-state index in [9.17, 15) is 5.11 Å². The molecule has 0 radical (unpaired) electrons. The van der Waals surface area contributed by atoms with Crippen LogP contribution in [0.2, 0.25) is 0 Å². The Bertz CT molecular complexity index is 129. The molecule has 0 fully saturated rings. The van der Waals surface area contributed by atoms with E-state index in [4.69, 9.17) is 0 Å². The summed E-state index contributed by atoms with van der Waals surface area (Å²) >= 11 is 0. The lowest BCUT2D eigenvalue weighted by atomic mass is 9.89. The standard InChI is InChI=1S/C11H25NO/c1-6-9(2)12-8-10(13)7-11(3,4)5/h9-10,12-13H,6-8H2,1-5H3. The quantitative estimate of drug-likeness (QED) is 0.691. The first kappa shape index (κ1) is 12.9. The fourth-order valence-corrected chi connectivity index (χ4v) is 1.26. The Labute approximate surface area is 82.7 Å². The third-order valence-electron chi connectivity index (χ3n) is 2.16. The van der Waals surface area contributed by atoms with Gasteiger partial charge in [0.1, 0.15) is 0 Å². The molecule has 0 aromatic rings. The van der Waals surface area contributed by atoms with Crippen molar-refractivity contribution in [3.63, 3.8) is 0 Å². The van der Waals surface area contributed by atoms with E-state index in [1.807, 2.05) is 0 Å². The average Bonchev–Trinajstić information content (AvgIpc) is 1.97. The van der Waals surface area contributed by atoms with Gasteiger partial charge >= 0.3 is 0 Å². The summed E-state index contributed by atoms with van der Waals surface area (Å²) in [4.78, 5) is 0. The molecule has 0 spiro atoms. The molecule has 0 aliphatic carbocycles. The van der Waals surface area contributed by atoms with E-state index in [0.717, 1.165) is 12.8 Å². The van der Waals surface area contributed by atoms with E-state index in [-0.39, 0.29) is 11.5 Å². The van der Waals surface area contributed by atoms with E-state index >= 15 is 0 Å². The first-order valence-corrected chi connectivity index (χ1v) is 5.26. The highest BCUT2D eigenvalue weighted by Gasteiger charge is 2.16. The summed E-state index contributed by atoms with van der Waals surface area (Å²) in [5.41, 5.74) is 0.219. The smallest absolute Gasteiger partial charge is 0.0669 e. The third kappa shape index (κ3) is 8.26. The summed E-state index contributed by atoms with van der Waals surface area (Å²) in [6.07, 6.45) is 1.76. The zero-order valence-electron chi connectivity index (χ0n) is 9.72. The molecule has 80 valence electrons. The maximum Gasteiger partial charge on any atom is 0.0669 e. The number of aliphatic hydroxyl groups is 1. The third-order valence-corrected chi connectivity index (χ3v) is 2.16. The second-order valence-corrected chi connectivity index (χ2v) is 5.14. The Morgan fingerprint density at radius 2 is 1.85 bits per heavy atom. The molecule has 2 N–H and O–H groups in total. The Balaban J connectivity index is 3.57. The summed E-state index contributed by atoms with van der Waals surface area (Å²) in [5.74, 6) is 0. The lowest BCUT2D eigenvalue weighted by molar-refractivity contribution is 0.117. The van der Waals surface area contributed by atoms with E-state index in [1.54, 1.807) is 0 Å². The van der Waals surface area contributed by atoms with Crippen LogP contribution in [0.3, 0.4) is 0 Å². The van der Waals surface area contributed by atoms with Gasteiger partial charge in [-0.25, -0.2) is 0 Å². The average molecular weight is 187 g/mol. The van der Waals surface area contributed by atoms with Crippen LogP contribution < -0.4 is 5.32 Å². The SMILES string of the molecule is CCC(C)NCC(O)CC(C)(C)C. The highest BCUT2D eigenvalue weighted by atomic mass is 16.3. The monoisotopic (exact) mass is 187 g/mol. The van der Waals surface area contributed by atoms with Gasteiger partial charge in [-0.1, -0.05) is 27.7 Å². The first-order valence-electron chi connectivity index (χ1n) is 5.26. The number of aliphatic hydroxyl groups excluding tert-OH is 1. The Morgan fingerprint density at radius 1 is 1.31 bits per heavy atom.